The van der Waals surface area contributed by atoms with Crippen molar-refractivity contribution in [3.8, 4) is 11.1 Å². The lowest BCUT2D eigenvalue weighted by molar-refractivity contribution is 0.195. The van der Waals surface area contributed by atoms with Gasteiger partial charge in [0.15, 0.2) is 0 Å². The highest BCUT2D eigenvalue weighted by Gasteiger charge is 2.60. The Bertz CT molecular complexity index is 4530. The van der Waals surface area contributed by atoms with Gasteiger partial charge in [-0.3, -0.25) is 0 Å². The number of nitrogens with zero attached hydrogens (tertiary/aromatic N) is 4. The third kappa shape index (κ3) is 7.75. The zero-order valence-corrected chi connectivity index (χ0v) is 55.1. The standard InChI is InChI=1S/C82H85BN4S/c1-76(2,3)53-35-40-65(60(46-53)52-26-15-14-16-27-52)84-70-49-56(86-67-41-36-54(77(4,5)6)47-62(67)80(11)43-22-24-45-82(80,86)13)37-39-64(70)83-63-38-34-55(78(7,8)9)48-69(63)85(68-32-25-29-59-58-28-17-20-33-73(58)88-75(59)68)72-51-57(50-71(84)74(72)83)87-66-31-19-18-30-61(66)79(10)42-21-23-44-81(79,87)12/h14-20,25-41,46-51H,21-24,42-45H2,1-13H3. The Hall–Kier alpha value is -7.54. The van der Waals surface area contributed by atoms with Crippen molar-refractivity contribution in [2.45, 2.75) is 180 Å². The molecule has 2 fully saturated rings. The number of thiophene rings is 1. The summed E-state index contributed by atoms with van der Waals surface area (Å²) >= 11 is 1.94. The molecule has 5 heterocycles. The molecule has 6 heteroatoms. The second-order valence-corrected chi connectivity index (χ2v) is 32.2. The molecule has 0 amide bonds. The molecule has 0 radical (unpaired) electrons. The van der Waals surface area contributed by atoms with Crippen molar-refractivity contribution in [2.24, 2.45) is 0 Å². The molecule has 10 aromatic rings. The molecule has 4 atom stereocenters. The Kier molecular flexibility index (Phi) is 12.0. The van der Waals surface area contributed by atoms with Crippen LogP contribution < -0.4 is 36.0 Å². The third-order valence-electron chi connectivity index (χ3n) is 23.2. The third-order valence-corrected chi connectivity index (χ3v) is 24.4. The van der Waals surface area contributed by atoms with E-state index in [2.05, 4.69) is 292 Å². The first-order valence-electron chi connectivity index (χ1n) is 33.0. The molecule has 442 valence electrons. The number of hydrogen-bond donors (Lipinski definition) is 0. The molecule has 16 rings (SSSR count). The first-order chi connectivity index (χ1) is 42.0. The van der Waals surface area contributed by atoms with Crippen molar-refractivity contribution in [1.29, 1.82) is 0 Å². The van der Waals surface area contributed by atoms with Crippen molar-refractivity contribution < 1.29 is 0 Å². The second-order valence-electron chi connectivity index (χ2n) is 31.2. The summed E-state index contributed by atoms with van der Waals surface area (Å²) in [5.74, 6) is 0. The zero-order valence-electron chi connectivity index (χ0n) is 54.3. The van der Waals surface area contributed by atoms with E-state index in [1.807, 2.05) is 11.3 Å². The number of anilines is 10. The van der Waals surface area contributed by atoms with Crippen molar-refractivity contribution in [3.63, 3.8) is 0 Å². The van der Waals surface area contributed by atoms with Gasteiger partial charge in [0.1, 0.15) is 0 Å². The smallest absolute Gasteiger partial charge is 0.252 e. The first kappa shape index (κ1) is 55.8. The molecule has 9 aromatic carbocycles. The lowest BCUT2D eigenvalue weighted by atomic mass is 9.33. The van der Waals surface area contributed by atoms with Gasteiger partial charge in [-0.25, -0.2) is 0 Å². The molecular weight excluding hydrogens is 1080 g/mol. The number of rotatable bonds is 5. The lowest BCUT2D eigenvalue weighted by Gasteiger charge is -2.51. The van der Waals surface area contributed by atoms with Crippen LogP contribution in [0.5, 0.6) is 0 Å². The molecule has 2 aliphatic carbocycles. The Morgan fingerprint density at radius 1 is 0.386 bits per heavy atom. The minimum atomic E-state index is -0.177. The number of hydrogen-bond acceptors (Lipinski definition) is 5. The van der Waals surface area contributed by atoms with Crippen LogP contribution in [0.4, 0.5) is 56.9 Å². The van der Waals surface area contributed by atoms with Gasteiger partial charge >= 0.3 is 0 Å². The average Bonchev–Trinajstić information content (AvgIpc) is 1.12. The molecule has 2 saturated carbocycles. The SMILES string of the molecule is CC(C)(C)c1ccc(N2c3cc(N4c5ccc(C(C)(C)C)cc5C5(C)CCCCC45C)ccc3B3c4ccc(C(C)(C)C)cc4N(c4cccc5c4sc4ccccc45)c4cc(N5c6ccccc6C6(C)CCCCC56C)cc2c43)c(-c2ccccc2)c1. The number of benzene rings is 9. The van der Waals surface area contributed by atoms with Crippen molar-refractivity contribution >= 4 is 111 Å². The minimum absolute atomic E-state index is 0.0271. The fraction of sp³-hybridized carbons (Fsp3) is 0.341. The fourth-order valence-corrected chi connectivity index (χ4v) is 19.1. The average molecular weight is 1170 g/mol. The predicted octanol–water partition coefficient (Wildman–Crippen LogP) is 21.2. The van der Waals surface area contributed by atoms with E-state index in [0.717, 1.165) is 19.3 Å². The molecule has 0 saturated heterocycles. The predicted molar refractivity (Wildman–Crippen MR) is 381 cm³/mol. The van der Waals surface area contributed by atoms with Gasteiger partial charge < -0.3 is 19.6 Å². The Morgan fingerprint density at radius 2 is 0.886 bits per heavy atom. The van der Waals surface area contributed by atoms with Gasteiger partial charge in [-0.15, -0.1) is 11.3 Å². The molecule has 4 aliphatic heterocycles. The largest absolute Gasteiger partial charge is 0.334 e. The number of fused-ring (bicyclic) bond motifs is 13. The summed E-state index contributed by atoms with van der Waals surface area (Å²) in [6.45, 7) is 31.7. The summed E-state index contributed by atoms with van der Waals surface area (Å²) in [6, 6.07) is 72.6. The summed E-state index contributed by atoms with van der Waals surface area (Å²) in [7, 11) is 0. The quantitative estimate of drug-likeness (QED) is 0.159. The van der Waals surface area contributed by atoms with Crippen LogP contribution in [0, 0.1) is 0 Å². The fourth-order valence-electron chi connectivity index (χ4n) is 17.9. The lowest BCUT2D eigenvalue weighted by Crippen LogP contribution is -2.62. The van der Waals surface area contributed by atoms with E-state index in [0.29, 0.717) is 0 Å². The van der Waals surface area contributed by atoms with E-state index in [9.17, 15) is 0 Å². The number of para-hydroxylation sites is 1. The second kappa shape index (κ2) is 19.0. The molecule has 88 heavy (non-hydrogen) atoms. The van der Waals surface area contributed by atoms with Gasteiger partial charge in [-0.1, -0.05) is 217 Å². The summed E-state index contributed by atoms with van der Waals surface area (Å²) < 4.78 is 2.63. The molecule has 6 aliphatic rings. The topological polar surface area (TPSA) is 13.0 Å². The normalized spacial score (nSPS) is 22.8. The van der Waals surface area contributed by atoms with Crippen LogP contribution in [0.1, 0.15) is 169 Å². The van der Waals surface area contributed by atoms with Gasteiger partial charge in [0.25, 0.3) is 6.71 Å². The first-order valence-corrected chi connectivity index (χ1v) is 33.9. The highest BCUT2D eigenvalue weighted by molar-refractivity contribution is 7.26. The monoisotopic (exact) mass is 1170 g/mol. The van der Waals surface area contributed by atoms with Crippen LogP contribution in [0.3, 0.4) is 0 Å². The molecule has 0 N–H and O–H groups in total. The maximum atomic E-state index is 2.84. The van der Waals surface area contributed by atoms with E-state index in [-0.39, 0.29) is 44.9 Å². The van der Waals surface area contributed by atoms with Crippen molar-refractivity contribution in [1.82, 2.24) is 0 Å². The molecule has 4 nitrogen and oxygen atoms in total. The highest BCUT2D eigenvalue weighted by atomic mass is 32.1. The van der Waals surface area contributed by atoms with E-state index in [1.54, 1.807) is 0 Å². The molecule has 0 spiro atoms. The molecule has 4 unspecified atom stereocenters. The summed E-state index contributed by atoms with van der Waals surface area (Å²) in [4.78, 5) is 11.2. The van der Waals surface area contributed by atoms with Crippen LogP contribution in [0.25, 0.3) is 31.3 Å². The van der Waals surface area contributed by atoms with Crippen LogP contribution in [-0.4, -0.2) is 17.8 Å². The van der Waals surface area contributed by atoms with E-state index in [4.69, 9.17) is 0 Å². The Balaban J connectivity index is 1.05. The van der Waals surface area contributed by atoms with Gasteiger partial charge in [-0.05, 0) is 172 Å². The summed E-state index contributed by atoms with van der Waals surface area (Å²) in [6.07, 6.45) is 9.50. The van der Waals surface area contributed by atoms with Gasteiger partial charge in [0, 0.05) is 77.4 Å². The van der Waals surface area contributed by atoms with Crippen LogP contribution in [0.15, 0.2) is 182 Å². The Morgan fingerprint density at radius 3 is 1.58 bits per heavy atom. The zero-order chi connectivity index (χ0) is 60.8. The van der Waals surface area contributed by atoms with Crippen molar-refractivity contribution in [3.05, 3.63) is 210 Å². The summed E-state index contributed by atoms with van der Waals surface area (Å²) in [5.41, 5.74) is 25.7. The van der Waals surface area contributed by atoms with Gasteiger partial charge in [-0.2, -0.15) is 0 Å². The maximum Gasteiger partial charge on any atom is 0.252 e. The van der Waals surface area contributed by atoms with E-state index < -0.39 is 0 Å². The van der Waals surface area contributed by atoms with Gasteiger partial charge in [0.05, 0.1) is 27.2 Å². The van der Waals surface area contributed by atoms with Crippen LogP contribution in [0.2, 0.25) is 0 Å². The highest BCUT2D eigenvalue weighted by Crippen LogP contribution is 2.64. The van der Waals surface area contributed by atoms with Crippen LogP contribution >= 0.6 is 11.3 Å². The van der Waals surface area contributed by atoms with E-state index >= 15 is 0 Å². The molecule has 0 bridgehead atoms. The van der Waals surface area contributed by atoms with E-state index in [1.165, 1.54) is 164 Å². The minimum Gasteiger partial charge on any atom is -0.334 e. The molecular formula is C82H85BN4S. The van der Waals surface area contributed by atoms with Crippen LogP contribution in [-0.2, 0) is 27.1 Å². The summed E-state index contributed by atoms with van der Waals surface area (Å²) in [5, 5.41) is 2.63. The molecule has 1 aromatic heterocycles. The maximum absolute atomic E-state index is 2.84. The van der Waals surface area contributed by atoms with Gasteiger partial charge in [0.2, 0.25) is 0 Å². The van der Waals surface area contributed by atoms with Crippen molar-refractivity contribution in [2.75, 3.05) is 19.6 Å². The Labute approximate surface area is 528 Å².